The molecule has 4 heteroatoms. The lowest BCUT2D eigenvalue weighted by molar-refractivity contribution is 0.179. The molecule has 52 valence electrons. The zero-order valence-corrected chi connectivity index (χ0v) is 5.74. The molecule has 0 saturated heterocycles. The zero-order chi connectivity index (χ0) is 6.08. The summed E-state index contributed by atoms with van der Waals surface area (Å²) in [6, 6.07) is 0. The first-order chi connectivity index (χ1) is 2.94. The Morgan fingerprint density at radius 3 is 1.75 bits per heavy atom. The Balaban J connectivity index is 0. The highest BCUT2D eigenvalue weighted by molar-refractivity contribution is 6.20. The summed E-state index contributed by atoms with van der Waals surface area (Å²) in [6.07, 6.45) is 0. The molecule has 0 aliphatic rings. The molecule has 0 aromatic rings. The van der Waals surface area contributed by atoms with E-state index in [1.54, 1.807) is 13.8 Å². The predicted octanol–water partition coefficient (Wildman–Crippen LogP) is -0.544. The van der Waals surface area contributed by atoms with Crippen LogP contribution >= 0.6 is 11.6 Å². The maximum atomic E-state index is 8.53. The van der Waals surface area contributed by atoms with Crippen LogP contribution in [0.15, 0.2) is 0 Å². The van der Waals surface area contributed by atoms with E-state index in [4.69, 9.17) is 22.4 Å². The molecule has 0 radical (unpaired) electrons. The first-order valence-corrected chi connectivity index (χ1v) is 2.49. The van der Waals surface area contributed by atoms with Crippen LogP contribution in [0, 0.1) is 0 Å². The molecular formula is C4H12ClNO2. The first-order valence-electron chi connectivity index (χ1n) is 2.05. The minimum absolute atomic E-state index is 0. The smallest absolute Gasteiger partial charge is 0.145 e. The molecular weight excluding hydrogens is 130 g/mol. The Morgan fingerprint density at radius 2 is 1.75 bits per heavy atom. The molecule has 0 heterocycles. The van der Waals surface area contributed by atoms with Gasteiger partial charge in [-0.2, -0.15) is 0 Å². The van der Waals surface area contributed by atoms with Crippen LogP contribution in [0.4, 0.5) is 0 Å². The van der Waals surface area contributed by atoms with E-state index >= 15 is 0 Å². The van der Waals surface area contributed by atoms with Gasteiger partial charge < -0.3 is 16.3 Å². The minimum atomic E-state index is -0.951. The number of rotatable bonds is 1. The number of hydrogen-bond donors (Lipinski definition) is 2. The minimum Gasteiger partial charge on any atom is -0.412 e. The quantitative estimate of drug-likeness (QED) is 0.481. The summed E-state index contributed by atoms with van der Waals surface area (Å²) in [6.45, 7) is 3.31. The van der Waals surface area contributed by atoms with Crippen LogP contribution in [-0.2, 0) is 0 Å². The largest absolute Gasteiger partial charge is 0.412 e. The fourth-order valence-electron chi connectivity index (χ4n) is 0. The second-order valence-electron chi connectivity index (χ2n) is 2.16. The van der Waals surface area contributed by atoms with E-state index in [1.165, 1.54) is 0 Å². The zero-order valence-electron chi connectivity index (χ0n) is 4.98. The molecule has 1 atom stereocenters. The monoisotopic (exact) mass is 141 g/mol. The molecule has 0 spiro atoms. The predicted molar refractivity (Wildman–Crippen MR) is 33.7 cm³/mol. The van der Waals surface area contributed by atoms with Gasteiger partial charge in [0.15, 0.2) is 0 Å². The molecule has 0 aromatic heterocycles. The lowest BCUT2D eigenvalue weighted by Gasteiger charge is -2.19. The molecule has 0 aromatic carbocycles. The fraction of sp³-hybridized carbons (Fsp3) is 1.00. The van der Waals surface area contributed by atoms with E-state index in [1.807, 2.05) is 0 Å². The Morgan fingerprint density at radius 1 is 1.62 bits per heavy atom. The van der Waals surface area contributed by atoms with Crippen molar-refractivity contribution in [3.8, 4) is 0 Å². The molecule has 0 rings (SSSR count). The third-order valence-corrected chi connectivity index (χ3v) is 1.18. The van der Waals surface area contributed by atoms with Crippen LogP contribution in [0.3, 0.4) is 0 Å². The third-order valence-electron chi connectivity index (χ3n) is 0.614. The van der Waals surface area contributed by atoms with Gasteiger partial charge in [0, 0.05) is 0 Å². The van der Waals surface area contributed by atoms with Gasteiger partial charge in [0.25, 0.3) is 0 Å². The van der Waals surface area contributed by atoms with Crippen LogP contribution in [0.2, 0.25) is 0 Å². The van der Waals surface area contributed by atoms with E-state index < -0.39 is 11.1 Å². The normalized spacial score (nSPS) is 14.6. The van der Waals surface area contributed by atoms with Gasteiger partial charge in [-0.1, -0.05) is 11.6 Å². The SMILES string of the molecule is CC(C)(N)C(O)Cl.O. The summed E-state index contributed by atoms with van der Waals surface area (Å²) in [5.74, 6) is 0. The summed E-state index contributed by atoms with van der Waals surface area (Å²) < 4.78 is 0. The average molecular weight is 142 g/mol. The first kappa shape index (κ1) is 11.0. The summed E-state index contributed by atoms with van der Waals surface area (Å²) in [5.41, 5.74) is 3.67. The second kappa shape index (κ2) is 3.25. The Kier molecular flexibility index (Phi) is 4.48. The topological polar surface area (TPSA) is 77.8 Å². The Hall–Kier alpha value is 0.170. The second-order valence-corrected chi connectivity index (χ2v) is 2.57. The highest BCUT2D eigenvalue weighted by Crippen LogP contribution is 2.06. The van der Waals surface area contributed by atoms with Crippen LogP contribution in [-0.4, -0.2) is 21.7 Å². The molecule has 0 aliphatic heterocycles. The third kappa shape index (κ3) is 4.33. The van der Waals surface area contributed by atoms with Gasteiger partial charge in [-0.25, -0.2) is 0 Å². The molecule has 3 nitrogen and oxygen atoms in total. The molecule has 0 aliphatic carbocycles. The standard InChI is InChI=1S/C4H10ClNO.H2O/c1-4(2,6)3(5)7;/h3,7H,6H2,1-2H3;1H2. The van der Waals surface area contributed by atoms with E-state index in [2.05, 4.69) is 0 Å². The van der Waals surface area contributed by atoms with E-state index in [-0.39, 0.29) is 5.48 Å². The van der Waals surface area contributed by atoms with Gasteiger partial charge >= 0.3 is 0 Å². The van der Waals surface area contributed by atoms with Crippen molar-refractivity contribution in [3.05, 3.63) is 0 Å². The van der Waals surface area contributed by atoms with Gasteiger partial charge in [-0.15, -0.1) is 0 Å². The number of aliphatic hydroxyl groups is 1. The van der Waals surface area contributed by atoms with Crippen molar-refractivity contribution in [1.82, 2.24) is 0 Å². The van der Waals surface area contributed by atoms with Gasteiger partial charge in [0.05, 0.1) is 5.54 Å². The van der Waals surface area contributed by atoms with Crippen LogP contribution in [0.5, 0.6) is 0 Å². The van der Waals surface area contributed by atoms with Gasteiger partial charge in [0.1, 0.15) is 5.56 Å². The van der Waals surface area contributed by atoms with Crippen molar-refractivity contribution in [2.24, 2.45) is 5.73 Å². The van der Waals surface area contributed by atoms with E-state index in [0.29, 0.717) is 0 Å². The van der Waals surface area contributed by atoms with E-state index in [0.717, 1.165) is 0 Å². The van der Waals surface area contributed by atoms with Crippen LogP contribution in [0.1, 0.15) is 13.8 Å². The van der Waals surface area contributed by atoms with Crippen molar-refractivity contribution in [1.29, 1.82) is 0 Å². The molecule has 0 saturated carbocycles. The van der Waals surface area contributed by atoms with Crippen molar-refractivity contribution >= 4 is 11.6 Å². The summed E-state index contributed by atoms with van der Waals surface area (Å²) in [4.78, 5) is 0. The van der Waals surface area contributed by atoms with Crippen molar-refractivity contribution in [2.75, 3.05) is 0 Å². The van der Waals surface area contributed by atoms with Crippen LogP contribution in [0.25, 0.3) is 0 Å². The van der Waals surface area contributed by atoms with Gasteiger partial charge in [0.2, 0.25) is 0 Å². The van der Waals surface area contributed by atoms with Crippen LogP contribution < -0.4 is 5.73 Å². The average Bonchev–Trinajstić information content (AvgIpc) is 1.31. The Labute approximate surface area is 53.8 Å². The number of halogens is 1. The van der Waals surface area contributed by atoms with Gasteiger partial charge in [-0.3, -0.25) is 0 Å². The molecule has 8 heavy (non-hydrogen) atoms. The lowest BCUT2D eigenvalue weighted by Crippen LogP contribution is -2.41. The Bertz CT molecular complexity index is 59.5. The molecule has 1 unspecified atom stereocenters. The number of aliphatic hydroxyl groups excluding tert-OH is 1. The number of alkyl halides is 1. The highest BCUT2D eigenvalue weighted by atomic mass is 35.5. The van der Waals surface area contributed by atoms with Crippen molar-refractivity contribution < 1.29 is 10.6 Å². The van der Waals surface area contributed by atoms with Crippen molar-refractivity contribution in [2.45, 2.75) is 24.9 Å². The van der Waals surface area contributed by atoms with Crippen molar-refractivity contribution in [3.63, 3.8) is 0 Å². The molecule has 0 fully saturated rings. The summed E-state index contributed by atoms with van der Waals surface area (Å²) in [5, 5.41) is 8.53. The number of hydrogen-bond acceptors (Lipinski definition) is 2. The summed E-state index contributed by atoms with van der Waals surface area (Å²) in [7, 11) is 0. The van der Waals surface area contributed by atoms with E-state index in [9.17, 15) is 0 Å². The maximum Gasteiger partial charge on any atom is 0.145 e. The number of nitrogens with two attached hydrogens (primary N) is 1. The molecule has 5 N–H and O–H groups in total. The van der Waals surface area contributed by atoms with Gasteiger partial charge in [-0.05, 0) is 13.8 Å². The fourth-order valence-corrected chi connectivity index (χ4v) is 0. The lowest BCUT2D eigenvalue weighted by atomic mass is 10.1. The summed E-state index contributed by atoms with van der Waals surface area (Å²) >= 11 is 5.18. The maximum absolute atomic E-state index is 8.53. The molecule has 0 bridgehead atoms. The highest BCUT2D eigenvalue weighted by Gasteiger charge is 2.18. The molecule has 0 amide bonds.